The molecular formula is C13H12N4O. The van der Waals surface area contributed by atoms with E-state index in [0.29, 0.717) is 18.8 Å². The number of hydrogen-bond donors (Lipinski definition) is 1. The summed E-state index contributed by atoms with van der Waals surface area (Å²) >= 11 is 0. The van der Waals surface area contributed by atoms with Crippen molar-refractivity contribution in [3.63, 3.8) is 0 Å². The number of benzene rings is 1. The molecule has 0 aliphatic rings. The van der Waals surface area contributed by atoms with Gasteiger partial charge in [-0.1, -0.05) is 0 Å². The molecule has 2 aromatic heterocycles. The van der Waals surface area contributed by atoms with Gasteiger partial charge in [0.2, 0.25) is 0 Å². The minimum Gasteiger partial charge on any atom is -0.464 e. The second-order valence-corrected chi connectivity index (χ2v) is 3.97. The molecule has 0 atom stereocenters. The van der Waals surface area contributed by atoms with Crippen LogP contribution < -0.4 is 5.73 Å². The molecule has 0 unspecified atom stereocenters. The first-order valence-electron chi connectivity index (χ1n) is 5.73. The van der Waals surface area contributed by atoms with Crippen LogP contribution in [0.25, 0.3) is 22.2 Å². The largest absolute Gasteiger partial charge is 0.464 e. The van der Waals surface area contributed by atoms with Crippen molar-refractivity contribution in [3.05, 3.63) is 42.5 Å². The number of aromatic nitrogens is 3. The van der Waals surface area contributed by atoms with E-state index in [0.717, 1.165) is 22.2 Å². The van der Waals surface area contributed by atoms with Crippen LogP contribution in [-0.4, -0.2) is 21.7 Å². The lowest BCUT2D eigenvalue weighted by molar-refractivity contribution is 0.616. The average molecular weight is 240 g/mol. The lowest BCUT2D eigenvalue weighted by atomic mass is 10.1. The quantitative estimate of drug-likeness (QED) is 0.755. The van der Waals surface area contributed by atoms with Crippen LogP contribution >= 0.6 is 0 Å². The van der Waals surface area contributed by atoms with Gasteiger partial charge >= 0.3 is 0 Å². The molecule has 2 heterocycles. The highest BCUT2D eigenvalue weighted by molar-refractivity contribution is 5.82. The van der Waals surface area contributed by atoms with Gasteiger partial charge in [-0.2, -0.15) is 0 Å². The topological polar surface area (TPSA) is 77.8 Å². The first-order valence-corrected chi connectivity index (χ1v) is 5.73. The van der Waals surface area contributed by atoms with Crippen molar-refractivity contribution >= 4 is 11.0 Å². The van der Waals surface area contributed by atoms with Crippen molar-refractivity contribution in [2.45, 2.75) is 6.42 Å². The lowest BCUT2D eigenvalue weighted by Crippen LogP contribution is -2.07. The van der Waals surface area contributed by atoms with Gasteiger partial charge < -0.3 is 10.2 Å². The molecule has 0 spiro atoms. The maximum Gasteiger partial charge on any atom is 0.152 e. The third kappa shape index (κ3) is 1.96. The molecule has 2 N–H and O–H groups in total. The summed E-state index contributed by atoms with van der Waals surface area (Å²) in [7, 11) is 0. The number of rotatable bonds is 3. The van der Waals surface area contributed by atoms with E-state index < -0.39 is 0 Å². The summed E-state index contributed by atoms with van der Waals surface area (Å²) in [5.74, 6) is 0.672. The van der Waals surface area contributed by atoms with Gasteiger partial charge in [0.05, 0.1) is 12.5 Å². The van der Waals surface area contributed by atoms with Crippen LogP contribution in [0.1, 0.15) is 5.82 Å². The Bertz CT molecular complexity index is 660. The van der Waals surface area contributed by atoms with Gasteiger partial charge in [-0.3, -0.25) is 0 Å². The van der Waals surface area contributed by atoms with E-state index in [4.69, 9.17) is 10.2 Å². The minimum atomic E-state index is 0.530. The number of nitrogens with zero attached hydrogens (tertiary/aromatic N) is 3. The molecule has 0 fully saturated rings. The highest BCUT2D eigenvalue weighted by Crippen LogP contribution is 2.22. The summed E-state index contributed by atoms with van der Waals surface area (Å²) < 4.78 is 5.29. The fraction of sp³-hybridized carbons (Fsp3) is 0.154. The Hall–Kier alpha value is -2.27. The number of nitrogens with two attached hydrogens (primary N) is 1. The fourth-order valence-corrected chi connectivity index (χ4v) is 1.80. The first kappa shape index (κ1) is 10.9. The normalized spacial score (nSPS) is 10.9. The van der Waals surface area contributed by atoms with E-state index in [1.165, 1.54) is 0 Å². The summed E-state index contributed by atoms with van der Waals surface area (Å²) in [6.07, 6.45) is 4.04. The van der Waals surface area contributed by atoms with E-state index in [1.54, 1.807) is 12.5 Å². The molecule has 18 heavy (non-hydrogen) atoms. The lowest BCUT2D eigenvalue weighted by Gasteiger charge is -2.01. The molecule has 90 valence electrons. The number of fused-ring (bicyclic) bond motifs is 1. The van der Waals surface area contributed by atoms with E-state index in [2.05, 4.69) is 15.2 Å². The van der Waals surface area contributed by atoms with Crippen molar-refractivity contribution in [1.82, 2.24) is 15.2 Å². The minimum absolute atomic E-state index is 0.530. The summed E-state index contributed by atoms with van der Waals surface area (Å²) in [6, 6.07) is 7.79. The maximum absolute atomic E-state index is 5.44. The second-order valence-electron chi connectivity index (χ2n) is 3.97. The van der Waals surface area contributed by atoms with Crippen molar-refractivity contribution < 1.29 is 4.42 Å². The third-order valence-electron chi connectivity index (χ3n) is 2.73. The van der Waals surface area contributed by atoms with Crippen LogP contribution in [0, 0.1) is 0 Å². The zero-order chi connectivity index (χ0) is 12.4. The van der Waals surface area contributed by atoms with E-state index in [1.807, 2.05) is 24.3 Å². The molecule has 0 bridgehead atoms. The second kappa shape index (κ2) is 4.54. The van der Waals surface area contributed by atoms with Crippen LogP contribution in [0.15, 0.2) is 41.1 Å². The average Bonchev–Trinajstić information content (AvgIpc) is 2.87. The molecule has 5 nitrogen and oxygen atoms in total. The summed E-state index contributed by atoms with van der Waals surface area (Å²) in [5, 5.41) is 9.25. The van der Waals surface area contributed by atoms with Gasteiger partial charge in [-0.15, -0.1) is 10.2 Å². The molecule has 0 aliphatic heterocycles. The highest BCUT2D eigenvalue weighted by atomic mass is 16.3. The van der Waals surface area contributed by atoms with E-state index in [9.17, 15) is 0 Å². The van der Waals surface area contributed by atoms with Crippen LogP contribution in [0.2, 0.25) is 0 Å². The van der Waals surface area contributed by atoms with Gasteiger partial charge in [0.1, 0.15) is 11.3 Å². The zero-order valence-corrected chi connectivity index (χ0v) is 9.71. The van der Waals surface area contributed by atoms with Crippen molar-refractivity contribution in [2.75, 3.05) is 6.54 Å². The summed E-state index contributed by atoms with van der Waals surface area (Å²) in [6.45, 7) is 0.530. The fourth-order valence-electron chi connectivity index (χ4n) is 1.80. The number of hydrogen-bond acceptors (Lipinski definition) is 5. The molecule has 0 amide bonds. The van der Waals surface area contributed by atoms with Crippen molar-refractivity contribution in [3.8, 4) is 11.3 Å². The van der Waals surface area contributed by atoms with E-state index >= 15 is 0 Å². The highest BCUT2D eigenvalue weighted by Gasteiger charge is 2.04. The predicted molar refractivity (Wildman–Crippen MR) is 67.8 cm³/mol. The van der Waals surface area contributed by atoms with Gasteiger partial charge in [0.25, 0.3) is 0 Å². The zero-order valence-electron chi connectivity index (χ0n) is 9.71. The Morgan fingerprint density at radius 3 is 2.89 bits per heavy atom. The Morgan fingerprint density at radius 1 is 1.17 bits per heavy atom. The van der Waals surface area contributed by atoms with E-state index in [-0.39, 0.29) is 0 Å². The predicted octanol–water partition coefficient (Wildman–Crippen LogP) is 1.79. The van der Waals surface area contributed by atoms with Crippen molar-refractivity contribution in [2.24, 2.45) is 5.73 Å². The molecule has 1 aromatic carbocycles. The van der Waals surface area contributed by atoms with Crippen LogP contribution in [-0.2, 0) is 6.42 Å². The molecule has 3 rings (SSSR count). The summed E-state index contributed by atoms with van der Waals surface area (Å²) in [5.41, 5.74) is 8.03. The first-order chi connectivity index (χ1) is 8.86. The third-order valence-corrected chi connectivity index (χ3v) is 2.73. The van der Waals surface area contributed by atoms with Crippen LogP contribution in [0.4, 0.5) is 0 Å². The maximum atomic E-state index is 5.44. The molecular weight excluding hydrogens is 228 g/mol. The molecule has 0 saturated heterocycles. The molecule has 0 radical (unpaired) electrons. The van der Waals surface area contributed by atoms with Gasteiger partial charge in [0.15, 0.2) is 5.82 Å². The monoisotopic (exact) mass is 240 g/mol. The standard InChI is InChI=1S/C13H12N4O/c14-5-3-13-15-8-11(16-17-13)9-1-2-12-10(7-9)4-6-18-12/h1-2,4,6-8H,3,5,14H2. The smallest absolute Gasteiger partial charge is 0.152 e. The molecule has 0 saturated carbocycles. The SMILES string of the molecule is NCCc1ncc(-c2ccc3occc3c2)nn1. The molecule has 5 heteroatoms. The molecule has 0 aliphatic carbocycles. The Kier molecular flexibility index (Phi) is 2.74. The van der Waals surface area contributed by atoms with Gasteiger partial charge in [-0.05, 0) is 30.8 Å². The molecule has 3 aromatic rings. The summed E-state index contributed by atoms with van der Waals surface area (Å²) in [4.78, 5) is 4.24. The van der Waals surface area contributed by atoms with Gasteiger partial charge in [0, 0.05) is 17.4 Å². The Balaban J connectivity index is 1.97. The Morgan fingerprint density at radius 2 is 2.11 bits per heavy atom. The van der Waals surface area contributed by atoms with Crippen LogP contribution in [0.5, 0.6) is 0 Å². The van der Waals surface area contributed by atoms with Gasteiger partial charge in [-0.25, -0.2) is 4.98 Å². The Labute approximate surface area is 104 Å². The van der Waals surface area contributed by atoms with Crippen LogP contribution in [0.3, 0.4) is 0 Å². The van der Waals surface area contributed by atoms with Crippen molar-refractivity contribution in [1.29, 1.82) is 0 Å². The number of furan rings is 1.